The molecular formula is C39H42CrN8O10S. The molecule has 1 saturated carbocycles. The average Bonchev–Trinajstić information content (AvgIpc) is 3.23. The minimum absolute atomic E-state index is 0. The molecule has 0 aliphatic heterocycles. The first-order valence-corrected chi connectivity index (χ1v) is 19.2. The van der Waals surface area contributed by atoms with Gasteiger partial charge in [-0.05, 0) is 80.3 Å². The molecule has 0 radical (unpaired) electrons. The largest absolute Gasteiger partial charge is 0.477 e. The topological polar surface area (TPSA) is 281 Å². The summed E-state index contributed by atoms with van der Waals surface area (Å²) in [7, 11) is -3.95. The molecule has 0 atom stereocenters. The molecule has 310 valence electrons. The van der Waals surface area contributed by atoms with Gasteiger partial charge < -0.3 is 26.0 Å². The third-order valence-corrected chi connectivity index (χ3v) is 9.11. The Morgan fingerprint density at radius 1 is 0.644 bits per heavy atom. The van der Waals surface area contributed by atoms with E-state index in [0.29, 0.717) is 13.0 Å². The van der Waals surface area contributed by atoms with Gasteiger partial charge >= 0.3 is 23.9 Å². The summed E-state index contributed by atoms with van der Waals surface area (Å²) in [5.41, 5.74) is 2.06. The van der Waals surface area contributed by atoms with Crippen LogP contribution in [0.2, 0.25) is 0 Å². The number of aryl methyl sites for hydroxylation is 1. The third-order valence-electron chi connectivity index (χ3n) is 7.77. The van der Waals surface area contributed by atoms with Crippen molar-refractivity contribution in [2.24, 2.45) is 0 Å². The summed E-state index contributed by atoms with van der Waals surface area (Å²) < 4.78 is 26.9. The SMILES string of the molecule is Cc1cnc(C(=O)NCCc2ccc(S(=O)(=O)NC(=O)NC3CCCCC3)cc2)cn1.O=C(O)c1ccccn1.O=C(O)c1ccccn1.O=C(O)c1ccccn1.[Cr]. The number of amides is 3. The maximum Gasteiger partial charge on any atom is 0.354 e. The summed E-state index contributed by atoms with van der Waals surface area (Å²) in [4.78, 5) is 73.3. The molecule has 18 nitrogen and oxygen atoms in total. The van der Waals surface area contributed by atoms with Crippen LogP contribution in [0, 0.1) is 6.92 Å². The molecule has 0 bridgehead atoms. The smallest absolute Gasteiger partial charge is 0.354 e. The molecule has 1 fully saturated rings. The van der Waals surface area contributed by atoms with Crippen LogP contribution < -0.4 is 15.4 Å². The second-order valence-corrected chi connectivity index (χ2v) is 13.8. The maximum atomic E-state index is 12.4. The number of sulfonamides is 1. The molecule has 20 heteroatoms. The van der Waals surface area contributed by atoms with Gasteiger partial charge in [0.2, 0.25) is 0 Å². The second kappa shape index (κ2) is 25.6. The van der Waals surface area contributed by atoms with Gasteiger partial charge in [0.25, 0.3) is 15.9 Å². The monoisotopic (exact) mass is 866 g/mol. The zero-order chi connectivity index (χ0) is 42.3. The van der Waals surface area contributed by atoms with Crippen LogP contribution in [0.25, 0.3) is 0 Å². The zero-order valence-corrected chi connectivity index (χ0v) is 33.8. The Morgan fingerprint density at radius 2 is 1.14 bits per heavy atom. The number of benzene rings is 1. The minimum atomic E-state index is -3.95. The number of urea groups is 1. The van der Waals surface area contributed by atoms with Crippen LogP contribution in [-0.2, 0) is 33.8 Å². The van der Waals surface area contributed by atoms with Crippen molar-refractivity contribution in [2.75, 3.05) is 6.54 Å². The Balaban J connectivity index is 0.000000344. The zero-order valence-electron chi connectivity index (χ0n) is 31.7. The summed E-state index contributed by atoms with van der Waals surface area (Å²) in [6.45, 7) is 2.15. The second-order valence-electron chi connectivity index (χ2n) is 12.2. The molecule has 59 heavy (non-hydrogen) atoms. The summed E-state index contributed by atoms with van der Waals surface area (Å²) in [5.74, 6) is -3.29. The third kappa shape index (κ3) is 18.5. The number of carbonyl (C=O) groups is 5. The van der Waals surface area contributed by atoms with Crippen LogP contribution in [0.4, 0.5) is 4.79 Å². The molecule has 3 amide bonds. The Kier molecular flexibility index (Phi) is 21.1. The summed E-state index contributed by atoms with van der Waals surface area (Å²) in [6.07, 6.45) is 12.8. The van der Waals surface area contributed by atoms with E-state index in [9.17, 15) is 32.4 Å². The van der Waals surface area contributed by atoms with Gasteiger partial charge in [-0.15, -0.1) is 0 Å². The Bertz CT molecular complexity index is 2070. The molecule has 1 aromatic carbocycles. The number of carboxylic acid groups (broad SMARTS) is 3. The summed E-state index contributed by atoms with van der Waals surface area (Å²) in [6, 6.07) is 19.8. The average molecular weight is 867 g/mol. The molecule has 5 aromatic rings. The van der Waals surface area contributed by atoms with E-state index in [2.05, 4.69) is 40.3 Å². The summed E-state index contributed by atoms with van der Waals surface area (Å²) >= 11 is 0. The van der Waals surface area contributed by atoms with E-state index in [-0.39, 0.29) is 57.0 Å². The standard InChI is InChI=1S/C21H27N5O4S.3C6H5NO2.Cr/c1-15-13-24-19(14-23-15)20(27)22-12-11-16-7-9-18(10-8-16)31(29,30)26-21(28)25-17-5-3-2-4-6-17;3*8-6(9)5-3-1-2-4-7-5;/h7-10,13-14,17H,2-6,11-12H2,1H3,(H,22,27)(H2,25,26,28);3*1-4H,(H,8,9);. The van der Waals surface area contributed by atoms with Crippen LogP contribution in [0.3, 0.4) is 0 Å². The molecule has 0 saturated heterocycles. The van der Waals surface area contributed by atoms with Crippen molar-refractivity contribution in [2.45, 2.75) is 56.4 Å². The van der Waals surface area contributed by atoms with E-state index in [1.54, 1.807) is 55.5 Å². The van der Waals surface area contributed by atoms with Gasteiger partial charge in [-0.25, -0.2) is 52.3 Å². The van der Waals surface area contributed by atoms with Crippen LogP contribution in [0.5, 0.6) is 0 Å². The number of pyridine rings is 3. The number of carbonyl (C=O) groups excluding carboxylic acids is 2. The van der Waals surface area contributed by atoms with Gasteiger partial charge in [0, 0.05) is 54.7 Å². The fourth-order valence-electron chi connectivity index (χ4n) is 4.87. The predicted octanol–water partition coefficient (Wildman–Crippen LogP) is 4.42. The number of aromatic carboxylic acids is 3. The summed E-state index contributed by atoms with van der Waals surface area (Å²) in [5, 5.41) is 30.5. The molecule has 1 aliphatic rings. The van der Waals surface area contributed by atoms with Crippen molar-refractivity contribution in [3.63, 3.8) is 0 Å². The van der Waals surface area contributed by atoms with Crippen molar-refractivity contribution in [3.05, 3.63) is 144 Å². The Labute approximate surface area is 350 Å². The molecule has 0 unspecified atom stereocenters. The number of nitrogens with zero attached hydrogens (tertiary/aromatic N) is 5. The molecule has 4 heterocycles. The first-order valence-electron chi connectivity index (χ1n) is 17.7. The van der Waals surface area contributed by atoms with Crippen LogP contribution in [0.1, 0.15) is 85.3 Å². The number of carboxylic acids is 3. The van der Waals surface area contributed by atoms with Crippen molar-refractivity contribution in [3.8, 4) is 0 Å². The quantitative estimate of drug-likeness (QED) is 0.113. The van der Waals surface area contributed by atoms with Gasteiger partial charge in [-0.1, -0.05) is 49.6 Å². The number of nitrogens with one attached hydrogen (secondary N) is 3. The van der Waals surface area contributed by atoms with E-state index in [4.69, 9.17) is 15.3 Å². The van der Waals surface area contributed by atoms with E-state index in [1.165, 1.54) is 61.3 Å². The maximum absolute atomic E-state index is 12.4. The van der Waals surface area contributed by atoms with E-state index in [1.807, 2.05) is 0 Å². The van der Waals surface area contributed by atoms with Crippen molar-refractivity contribution in [1.29, 1.82) is 0 Å². The Morgan fingerprint density at radius 3 is 1.53 bits per heavy atom. The molecule has 0 spiro atoms. The normalized spacial score (nSPS) is 11.7. The van der Waals surface area contributed by atoms with E-state index < -0.39 is 34.0 Å². The van der Waals surface area contributed by atoms with Crippen LogP contribution in [-0.4, -0.2) is 91.1 Å². The molecule has 6 rings (SSSR count). The van der Waals surface area contributed by atoms with Crippen molar-refractivity contribution >= 4 is 39.9 Å². The van der Waals surface area contributed by atoms with Crippen LogP contribution >= 0.6 is 0 Å². The minimum Gasteiger partial charge on any atom is -0.477 e. The first kappa shape index (κ1) is 48.5. The molecular weight excluding hydrogens is 825 g/mol. The van der Waals surface area contributed by atoms with Gasteiger partial charge in [0.05, 0.1) is 16.8 Å². The predicted molar refractivity (Wildman–Crippen MR) is 209 cm³/mol. The van der Waals surface area contributed by atoms with Crippen molar-refractivity contribution in [1.82, 2.24) is 40.3 Å². The fraction of sp³-hybridized carbons (Fsp3) is 0.231. The molecule has 4 aromatic heterocycles. The number of aromatic nitrogens is 5. The number of hydrogen-bond acceptors (Lipinski definition) is 12. The van der Waals surface area contributed by atoms with Crippen molar-refractivity contribution < 1.29 is 65.1 Å². The van der Waals surface area contributed by atoms with E-state index in [0.717, 1.165) is 43.4 Å². The molecule has 1 aliphatic carbocycles. The molecule has 6 N–H and O–H groups in total. The number of rotatable bonds is 10. The fourth-order valence-corrected chi connectivity index (χ4v) is 5.78. The van der Waals surface area contributed by atoms with Gasteiger partial charge in [-0.3, -0.25) is 9.78 Å². The van der Waals surface area contributed by atoms with Gasteiger partial charge in [0.1, 0.15) is 22.8 Å². The van der Waals surface area contributed by atoms with Crippen LogP contribution in [0.15, 0.2) is 115 Å². The number of hydrogen-bond donors (Lipinski definition) is 6. The first-order chi connectivity index (χ1) is 27.7. The van der Waals surface area contributed by atoms with Gasteiger partial charge in [-0.2, -0.15) is 0 Å². The van der Waals surface area contributed by atoms with Gasteiger partial charge in [0.15, 0.2) is 0 Å². The Hall–Kier alpha value is -6.62. The van der Waals surface area contributed by atoms with E-state index >= 15 is 0 Å².